The number of thiophene rings is 1. The monoisotopic (exact) mass is 338 g/mol. The molecule has 122 valence electrons. The van der Waals surface area contributed by atoms with E-state index in [1.54, 1.807) is 0 Å². The molecular weight excluding hydrogens is 312 g/mol. The smallest absolute Gasteiger partial charge is 0.0529 e. The van der Waals surface area contributed by atoms with Crippen molar-refractivity contribution in [1.82, 2.24) is 5.32 Å². The van der Waals surface area contributed by atoms with Crippen LogP contribution < -0.4 is 11.1 Å². The van der Waals surface area contributed by atoms with Crippen LogP contribution in [-0.2, 0) is 5.54 Å². The van der Waals surface area contributed by atoms with Crippen LogP contribution in [0.4, 0.5) is 0 Å². The maximum atomic E-state index is 5.62. The number of nitrogens with one attached hydrogen (secondary N) is 1. The van der Waals surface area contributed by atoms with Crippen LogP contribution in [0.5, 0.6) is 0 Å². The molecule has 3 N–H and O–H groups in total. The molecule has 1 aromatic heterocycles. The fourth-order valence-electron chi connectivity index (χ4n) is 3.48. The van der Waals surface area contributed by atoms with Gasteiger partial charge in [0.15, 0.2) is 0 Å². The zero-order valence-corrected chi connectivity index (χ0v) is 14.8. The quantitative estimate of drug-likeness (QED) is 0.742. The van der Waals surface area contributed by atoms with Crippen LogP contribution in [0.3, 0.4) is 0 Å². The van der Waals surface area contributed by atoms with Crippen molar-refractivity contribution in [2.24, 2.45) is 5.73 Å². The Morgan fingerprint density at radius 2 is 1.86 bits per heavy atom. The number of fused-ring (bicyclic) bond motifs is 1. The molecular formula is C18H27ClN2S. The Morgan fingerprint density at radius 1 is 1.09 bits per heavy atom. The first-order valence-electron chi connectivity index (χ1n) is 8.28. The van der Waals surface area contributed by atoms with Gasteiger partial charge in [0.25, 0.3) is 0 Å². The Balaban J connectivity index is 0.00000176. The molecule has 0 saturated heterocycles. The van der Waals surface area contributed by atoms with Gasteiger partial charge in [-0.3, -0.25) is 0 Å². The zero-order valence-electron chi connectivity index (χ0n) is 13.1. The third kappa shape index (κ3) is 3.83. The predicted molar refractivity (Wildman–Crippen MR) is 100 cm³/mol. The summed E-state index contributed by atoms with van der Waals surface area (Å²) in [5, 5.41) is 5.30. The number of benzene rings is 1. The van der Waals surface area contributed by atoms with E-state index in [9.17, 15) is 0 Å². The second-order valence-electron chi connectivity index (χ2n) is 6.21. The number of unbranched alkanes of at least 4 members (excludes halogenated alkanes) is 1. The van der Waals surface area contributed by atoms with Crippen molar-refractivity contribution in [3.63, 3.8) is 0 Å². The van der Waals surface area contributed by atoms with Crippen LogP contribution in [0, 0.1) is 0 Å². The number of nitrogens with two attached hydrogens (primary N) is 1. The van der Waals surface area contributed by atoms with Crippen LogP contribution >= 0.6 is 23.7 Å². The molecule has 1 heterocycles. The van der Waals surface area contributed by atoms with Crippen molar-refractivity contribution in [2.75, 3.05) is 13.1 Å². The lowest BCUT2D eigenvalue weighted by Crippen LogP contribution is -2.43. The number of hydrogen-bond donors (Lipinski definition) is 2. The summed E-state index contributed by atoms with van der Waals surface area (Å²) in [6.07, 6.45) is 8.94. The Bertz CT molecular complexity index is 542. The minimum Gasteiger partial charge on any atom is -0.330 e. The van der Waals surface area contributed by atoms with E-state index in [1.165, 1.54) is 53.5 Å². The topological polar surface area (TPSA) is 38.0 Å². The van der Waals surface area contributed by atoms with Gasteiger partial charge in [-0.1, -0.05) is 37.5 Å². The summed E-state index contributed by atoms with van der Waals surface area (Å²) in [6, 6.07) is 11.2. The van der Waals surface area contributed by atoms with Crippen molar-refractivity contribution < 1.29 is 0 Å². The van der Waals surface area contributed by atoms with Gasteiger partial charge < -0.3 is 11.1 Å². The van der Waals surface area contributed by atoms with Gasteiger partial charge in [-0.15, -0.1) is 23.7 Å². The maximum Gasteiger partial charge on any atom is 0.0529 e. The highest BCUT2D eigenvalue weighted by molar-refractivity contribution is 7.19. The van der Waals surface area contributed by atoms with Gasteiger partial charge >= 0.3 is 0 Å². The Hall–Kier alpha value is -0.610. The minimum atomic E-state index is 0. The van der Waals surface area contributed by atoms with Crippen LogP contribution in [0.25, 0.3) is 10.1 Å². The SMILES string of the molecule is Cl.NCCCCNC1(c2cc3ccccc3s2)CCCCC1. The minimum absolute atomic E-state index is 0. The van der Waals surface area contributed by atoms with Crippen LogP contribution in [0.2, 0.25) is 0 Å². The fraction of sp³-hybridized carbons (Fsp3) is 0.556. The van der Waals surface area contributed by atoms with Gasteiger partial charge in [-0.2, -0.15) is 0 Å². The van der Waals surface area contributed by atoms with Gasteiger partial charge in [-0.25, -0.2) is 0 Å². The molecule has 0 radical (unpaired) electrons. The van der Waals surface area contributed by atoms with Gasteiger partial charge in [0.1, 0.15) is 0 Å². The molecule has 1 aromatic carbocycles. The molecule has 4 heteroatoms. The van der Waals surface area contributed by atoms with Gasteiger partial charge in [-0.05, 0) is 56.3 Å². The lowest BCUT2D eigenvalue weighted by Gasteiger charge is -2.38. The molecule has 3 rings (SSSR count). The second kappa shape index (κ2) is 8.30. The molecule has 1 aliphatic rings. The number of rotatable bonds is 6. The lowest BCUT2D eigenvalue weighted by atomic mass is 9.80. The Labute approximate surface area is 143 Å². The average Bonchev–Trinajstić information content (AvgIpc) is 2.97. The van der Waals surface area contributed by atoms with E-state index in [-0.39, 0.29) is 17.9 Å². The highest BCUT2D eigenvalue weighted by atomic mass is 35.5. The fourth-order valence-corrected chi connectivity index (χ4v) is 4.77. The predicted octanol–water partition coefficient (Wildman–Crippen LogP) is 4.81. The van der Waals surface area contributed by atoms with E-state index in [2.05, 4.69) is 35.6 Å². The van der Waals surface area contributed by atoms with Gasteiger partial charge in [0, 0.05) is 9.58 Å². The standard InChI is InChI=1S/C18H26N2S.ClH/c19-12-6-7-13-20-18(10-4-1-5-11-18)17-14-15-8-2-3-9-16(15)21-17;/h2-3,8-9,14,20H,1,4-7,10-13,19H2;1H. The molecule has 0 spiro atoms. The van der Waals surface area contributed by atoms with Crippen molar-refractivity contribution in [3.8, 4) is 0 Å². The lowest BCUT2D eigenvalue weighted by molar-refractivity contribution is 0.238. The molecule has 2 nitrogen and oxygen atoms in total. The molecule has 2 aromatic rings. The third-order valence-electron chi connectivity index (χ3n) is 4.70. The third-order valence-corrected chi connectivity index (χ3v) is 6.02. The highest BCUT2D eigenvalue weighted by Gasteiger charge is 2.34. The molecule has 0 amide bonds. The van der Waals surface area contributed by atoms with Crippen LogP contribution in [0.1, 0.15) is 49.8 Å². The molecule has 22 heavy (non-hydrogen) atoms. The number of halogens is 1. The summed E-state index contributed by atoms with van der Waals surface area (Å²) in [5.41, 5.74) is 5.84. The summed E-state index contributed by atoms with van der Waals surface area (Å²) in [5.74, 6) is 0. The molecule has 0 aliphatic heterocycles. The van der Waals surface area contributed by atoms with Crippen molar-refractivity contribution in [1.29, 1.82) is 0 Å². The summed E-state index contributed by atoms with van der Waals surface area (Å²) in [7, 11) is 0. The average molecular weight is 339 g/mol. The van der Waals surface area contributed by atoms with Gasteiger partial charge in [0.2, 0.25) is 0 Å². The molecule has 1 saturated carbocycles. The van der Waals surface area contributed by atoms with Gasteiger partial charge in [0.05, 0.1) is 5.54 Å². The molecule has 0 atom stereocenters. The Morgan fingerprint density at radius 3 is 2.59 bits per heavy atom. The van der Waals surface area contributed by atoms with Crippen molar-refractivity contribution in [2.45, 2.75) is 50.5 Å². The molecule has 0 unspecified atom stereocenters. The van der Waals surface area contributed by atoms with E-state index >= 15 is 0 Å². The highest BCUT2D eigenvalue weighted by Crippen LogP contribution is 2.42. The molecule has 1 aliphatic carbocycles. The van der Waals surface area contributed by atoms with Crippen LogP contribution in [0.15, 0.2) is 30.3 Å². The van der Waals surface area contributed by atoms with E-state index in [0.29, 0.717) is 0 Å². The summed E-state index contributed by atoms with van der Waals surface area (Å²) < 4.78 is 1.42. The van der Waals surface area contributed by atoms with E-state index in [1.807, 2.05) is 11.3 Å². The normalized spacial score (nSPS) is 17.3. The zero-order chi connectivity index (χ0) is 14.5. The largest absolute Gasteiger partial charge is 0.330 e. The molecule has 0 bridgehead atoms. The van der Waals surface area contributed by atoms with Crippen molar-refractivity contribution in [3.05, 3.63) is 35.2 Å². The Kier molecular flexibility index (Phi) is 6.69. The first-order valence-corrected chi connectivity index (χ1v) is 9.10. The first kappa shape index (κ1) is 17.7. The molecule has 1 fully saturated rings. The van der Waals surface area contributed by atoms with Crippen molar-refractivity contribution >= 4 is 33.8 Å². The second-order valence-corrected chi connectivity index (χ2v) is 7.30. The first-order chi connectivity index (χ1) is 10.3. The number of hydrogen-bond acceptors (Lipinski definition) is 3. The van der Waals surface area contributed by atoms with E-state index < -0.39 is 0 Å². The van der Waals surface area contributed by atoms with Crippen LogP contribution in [-0.4, -0.2) is 13.1 Å². The summed E-state index contributed by atoms with van der Waals surface area (Å²) >= 11 is 1.98. The summed E-state index contributed by atoms with van der Waals surface area (Å²) in [4.78, 5) is 1.54. The van der Waals surface area contributed by atoms with E-state index in [0.717, 1.165) is 19.5 Å². The summed E-state index contributed by atoms with van der Waals surface area (Å²) in [6.45, 7) is 1.89. The van der Waals surface area contributed by atoms with E-state index in [4.69, 9.17) is 5.73 Å². The maximum absolute atomic E-state index is 5.62.